The van der Waals surface area contributed by atoms with Gasteiger partial charge in [0.15, 0.2) is 0 Å². The summed E-state index contributed by atoms with van der Waals surface area (Å²) in [5.41, 5.74) is 1.49. The molecule has 0 spiro atoms. The second kappa shape index (κ2) is 4.44. The Bertz CT molecular complexity index is 553. The number of aliphatic hydroxyl groups is 1. The van der Waals surface area contributed by atoms with E-state index in [0.717, 1.165) is 22.1 Å². The van der Waals surface area contributed by atoms with Gasteiger partial charge in [0.2, 0.25) is 0 Å². The number of hydrogen-bond acceptors (Lipinski definition) is 5. The molecule has 0 aromatic carbocycles. The van der Waals surface area contributed by atoms with Gasteiger partial charge in [0, 0.05) is 12.5 Å². The highest BCUT2D eigenvalue weighted by molar-refractivity contribution is 7.05. The maximum Gasteiger partial charge on any atom is 0.133 e. The third kappa shape index (κ3) is 2.18. The van der Waals surface area contributed by atoms with Crippen LogP contribution in [0.1, 0.15) is 49.0 Å². The third-order valence-electron chi connectivity index (χ3n) is 3.01. The molecule has 98 valence electrons. The maximum atomic E-state index is 10.5. The molecule has 18 heavy (non-hydrogen) atoms. The molecular formula is C12H18N4OS. The van der Waals surface area contributed by atoms with Crippen LogP contribution in [0.3, 0.4) is 0 Å². The highest BCUT2D eigenvalue weighted by Gasteiger charge is 2.28. The van der Waals surface area contributed by atoms with Gasteiger partial charge in [-0.2, -0.15) is 0 Å². The zero-order valence-electron chi connectivity index (χ0n) is 11.3. The van der Waals surface area contributed by atoms with Crippen LogP contribution < -0.4 is 0 Å². The van der Waals surface area contributed by atoms with Crippen molar-refractivity contribution in [3.8, 4) is 0 Å². The van der Waals surface area contributed by atoms with Crippen molar-refractivity contribution in [1.82, 2.24) is 19.1 Å². The maximum absolute atomic E-state index is 10.5. The van der Waals surface area contributed by atoms with Crippen LogP contribution >= 0.6 is 11.5 Å². The number of aliphatic hydroxyl groups excluding tert-OH is 1. The van der Waals surface area contributed by atoms with Crippen LogP contribution in [0.25, 0.3) is 0 Å². The van der Waals surface area contributed by atoms with Crippen LogP contribution in [-0.4, -0.2) is 24.2 Å². The fourth-order valence-electron chi connectivity index (χ4n) is 1.80. The quantitative estimate of drug-likeness (QED) is 0.902. The summed E-state index contributed by atoms with van der Waals surface area (Å²) in [5, 5.41) is 14.6. The number of nitrogens with zero attached hydrogens (tertiary/aromatic N) is 4. The van der Waals surface area contributed by atoms with E-state index < -0.39 is 6.10 Å². The van der Waals surface area contributed by atoms with E-state index >= 15 is 0 Å². The van der Waals surface area contributed by atoms with E-state index in [4.69, 9.17) is 0 Å². The molecule has 1 N–H and O–H groups in total. The van der Waals surface area contributed by atoms with Crippen LogP contribution in [-0.2, 0) is 12.5 Å². The average molecular weight is 266 g/mol. The normalized spacial score (nSPS) is 13.9. The van der Waals surface area contributed by atoms with E-state index in [0.29, 0.717) is 0 Å². The molecule has 0 aliphatic heterocycles. The van der Waals surface area contributed by atoms with Crippen molar-refractivity contribution in [1.29, 1.82) is 0 Å². The summed E-state index contributed by atoms with van der Waals surface area (Å²) >= 11 is 1.25. The number of hydrogen-bond donors (Lipinski definition) is 1. The van der Waals surface area contributed by atoms with Crippen molar-refractivity contribution in [3.63, 3.8) is 0 Å². The Morgan fingerprint density at radius 1 is 1.39 bits per heavy atom. The Labute approximate surface area is 111 Å². The van der Waals surface area contributed by atoms with Crippen LogP contribution in [0.5, 0.6) is 0 Å². The molecule has 5 nitrogen and oxygen atoms in total. The lowest BCUT2D eigenvalue weighted by molar-refractivity contribution is 0.212. The minimum atomic E-state index is -0.717. The molecule has 2 aromatic rings. The first-order valence-electron chi connectivity index (χ1n) is 5.81. The van der Waals surface area contributed by atoms with Gasteiger partial charge in [0.05, 0.1) is 22.5 Å². The molecule has 2 aromatic heterocycles. The highest BCUT2D eigenvalue weighted by atomic mass is 32.1. The second-order valence-corrected chi connectivity index (χ2v) is 6.21. The first-order chi connectivity index (χ1) is 8.32. The average Bonchev–Trinajstić information content (AvgIpc) is 2.86. The zero-order chi connectivity index (χ0) is 13.5. The first-order valence-corrected chi connectivity index (χ1v) is 6.58. The number of aryl methyl sites for hydroxylation is 1. The van der Waals surface area contributed by atoms with Gasteiger partial charge >= 0.3 is 0 Å². The van der Waals surface area contributed by atoms with Gasteiger partial charge in [0.1, 0.15) is 11.9 Å². The molecule has 2 rings (SSSR count). The molecule has 6 heteroatoms. The Kier molecular flexibility index (Phi) is 3.25. The number of imidazole rings is 1. The molecular weight excluding hydrogens is 248 g/mol. The molecule has 0 radical (unpaired) electrons. The van der Waals surface area contributed by atoms with Gasteiger partial charge in [-0.05, 0) is 18.5 Å². The molecule has 2 heterocycles. The van der Waals surface area contributed by atoms with Crippen LogP contribution in [0.15, 0.2) is 6.20 Å². The molecule has 0 amide bonds. The Morgan fingerprint density at radius 3 is 2.56 bits per heavy atom. The standard InChI is InChI=1S/C12H18N4OS/c1-7-13-6-8(16(7)5)9(17)10-11(12(2,3)4)14-15-18-10/h6,9,17H,1-5H3. The van der Waals surface area contributed by atoms with Crippen LogP contribution in [0.4, 0.5) is 0 Å². The summed E-state index contributed by atoms with van der Waals surface area (Å²) < 4.78 is 5.86. The highest BCUT2D eigenvalue weighted by Crippen LogP contribution is 2.33. The third-order valence-corrected chi connectivity index (χ3v) is 3.79. The topological polar surface area (TPSA) is 63.8 Å². The summed E-state index contributed by atoms with van der Waals surface area (Å²) in [5.74, 6) is 0.874. The molecule has 1 unspecified atom stereocenters. The predicted octanol–water partition coefficient (Wildman–Crippen LogP) is 1.96. The summed E-state index contributed by atoms with van der Waals surface area (Å²) in [6, 6.07) is 0. The lowest BCUT2D eigenvalue weighted by Gasteiger charge is -2.19. The van der Waals surface area contributed by atoms with Gasteiger partial charge in [-0.15, -0.1) is 5.10 Å². The van der Waals surface area contributed by atoms with Crippen molar-refractivity contribution in [2.24, 2.45) is 7.05 Å². The second-order valence-electron chi connectivity index (χ2n) is 5.43. The van der Waals surface area contributed by atoms with Gasteiger partial charge in [-0.1, -0.05) is 25.3 Å². The summed E-state index contributed by atoms with van der Waals surface area (Å²) in [4.78, 5) is 5.00. The summed E-state index contributed by atoms with van der Waals surface area (Å²) in [6.07, 6.45) is 0.983. The van der Waals surface area contributed by atoms with E-state index in [9.17, 15) is 5.11 Å². The van der Waals surface area contributed by atoms with Crippen molar-refractivity contribution in [3.05, 3.63) is 28.3 Å². The lowest BCUT2D eigenvalue weighted by atomic mass is 9.90. The zero-order valence-corrected chi connectivity index (χ0v) is 12.1. The van der Waals surface area contributed by atoms with Crippen LogP contribution in [0.2, 0.25) is 0 Å². The Balaban J connectivity index is 2.44. The van der Waals surface area contributed by atoms with E-state index in [-0.39, 0.29) is 5.41 Å². The van der Waals surface area contributed by atoms with Crippen molar-refractivity contribution in [2.45, 2.75) is 39.2 Å². The van der Waals surface area contributed by atoms with Gasteiger partial charge in [-0.25, -0.2) is 4.98 Å². The Hall–Kier alpha value is -1.27. The SMILES string of the molecule is Cc1ncc(C(O)c2snnc2C(C)(C)C)n1C. The van der Waals surface area contributed by atoms with E-state index in [2.05, 4.69) is 35.3 Å². The predicted molar refractivity (Wildman–Crippen MR) is 70.6 cm³/mol. The number of rotatable bonds is 2. The van der Waals surface area contributed by atoms with Gasteiger partial charge in [-0.3, -0.25) is 0 Å². The fraction of sp³-hybridized carbons (Fsp3) is 0.583. The van der Waals surface area contributed by atoms with Crippen molar-refractivity contribution in [2.75, 3.05) is 0 Å². The molecule has 0 saturated heterocycles. The molecule has 0 bridgehead atoms. The van der Waals surface area contributed by atoms with Crippen molar-refractivity contribution < 1.29 is 5.11 Å². The van der Waals surface area contributed by atoms with Gasteiger partial charge < -0.3 is 9.67 Å². The van der Waals surface area contributed by atoms with E-state index in [1.54, 1.807) is 6.20 Å². The minimum Gasteiger partial charge on any atom is -0.381 e. The Morgan fingerprint density at radius 2 is 2.06 bits per heavy atom. The summed E-state index contributed by atoms with van der Waals surface area (Å²) in [6.45, 7) is 8.10. The molecule has 1 atom stereocenters. The molecule has 0 saturated carbocycles. The largest absolute Gasteiger partial charge is 0.381 e. The van der Waals surface area contributed by atoms with E-state index in [1.165, 1.54) is 11.5 Å². The molecule has 0 aliphatic carbocycles. The lowest BCUT2D eigenvalue weighted by Crippen LogP contribution is -2.17. The smallest absolute Gasteiger partial charge is 0.133 e. The first kappa shape index (κ1) is 13.2. The van der Waals surface area contributed by atoms with Gasteiger partial charge in [0.25, 0.3) is 0 Å². The molecule has 0 aliphatic rings. The van der Waals surface area contributed by atoms with Crippen LogP contribution in [0, 0.1) is 6.92 Å². The summed E-state index contributed by atoms with van der Waals surface area (Å²) in [7, 11) is 1.89. The minimum absolute atomic E-state index is 0.128. The van der Waals surface area contributed by atoms with E-state index in [1.807, 2.05) is 18.5 Å². The fourth-order valence-corrected chi connectivity index (χ4v) is 2.67. The number of aromatic nitrogens is 4. The monoisotopic (exact) mass is 266 g/mol. The van der Waals surface area contributed by atoms with Crippen molar-refractivity contribution >= 4 is 11.5 Å². The molecule has 0 fully saturated rings.